The van der Waals surface area contributed by atoms with Crippen LogP contribution in [0.5, 0.6) is 0 Å². The molecule has 0 unspecified atom stereocenters. The van der Waals surface area contributed by atoms with E-state index in [0.29, 0.717) is 18.6 Å². The maximum atomic E-state index is 12.6. The van der Waals surface area contributed by atoms with Gasteiger partial charge < -0.3 is 20.1 Å². The first-order chi connectivity index (χ1) is 11.5. The minimum atomic E-state index is -0.776. The van der Waals surface area contributed by atoms with Crippen molar-refractivity contribution < 1.29 is 23.9 Å². The van der Waals surface area contributed by atoms with E-state index in [1.54, 1.807) is 32.5 Å². The van der Waals surface area contributed by atoms with Crippen LogP contribution in [0, 0.1) is 5.92 Å². The van der Waals surface area contributed by atoms with Crippen LogP contribution in [0.3, 0.4) is 0 Å². The van der Waals surface area contributed by atoms with Crippen LogP contribution in [0.2, 0.25) is 0 Å². The third-order valence-corrected chi connectivity index (χ3v) is 3.77. The molecule has 8 heteroatoms. The molecule has 0 heterocycles. The zero-order valence-corrected chi connectivity index (χ0v) is 17.1. The number of rotatable bonds is 9. The summed E-state index contributed by atoms with van der Waals surface area (Å²) in [6, 6.07) is -1.52. The number of nitrogens with one attached hydrogen (secondary N) is 2. The van der Waals surface area contributed by atoms with Gasteiger partial charge in [0.15, 0.2) is 0 Å². The number of ether oxygens (including phenoxy) is 2. The number of alkyl carbamates (subject to hydrolysis) is 1. The van der Waals surface area contributed by atoms with Gasteiger partial charge in [0.25, 0.3) is 0 Å². The zero-order chi connectivity index (χ0) is 19.6. The standard InChI is InChI=1S/C17H32N2O5S/c1-11(2)10-13(15(21)23-6)18-14(20)12(8-9-25-7)19-16(22)24-17(3,4)5/h11-13H,8-10H2,1-7H3,(H,18,20)(H,19,22)/t12-,13+/m1/s1. The van der Waals surface area contributed by atoms with Crippen molar-refractivity contribution in [1.82, 2.24) is 10.6 Å². The van der Waals surface area contributed by atoms with Crippen molar-refractivity contribution in [3.8, 4) is 0 Å². The fraction of sp³-hybridized carbons (Fsp3) is 0.824. The van der Waals surface area contributed by atoms with Crippen LogP contribution in [0.1, 0.15) is 47.5 Å². The predicted octanol–water partition coefficient (Wildman–Crippen LogP) is 2.34. The summed E-state index contributed by atoms with van der Waals surface area (Å²) in [5, 5.41) is 5.27. The Bertz CT molecular complexity index is 449. The summed E-state index contributed by atoms with van der Waals surface area (Å²) >= 11 is 1.56. The van der Waals surface area contributed by atoms with Crippen molar-refractivity contribution in [3.63, 3.8) is 0 Å². The molecule has 0 aromatic carbocycles. The van der Waals surface area contributed by atoms with Crippen LogP contribution >= 0.6 is 11.8 Å². The van der Waals surface area contributed by atoms with Gasteiger partial charge in [0.1, 0.15) is 17.7 Å². The van der Waals surface area contributed by atoms with Crippen molar-refractivity contribution in [2.45, 2.75) is 65.1 Å². The third-order valence-electron chi connectivity index (χ3n) is 3.13. The Balaban J connectivity index is 5.00. The first-order valence-corrected chi connectivity index (χ1v) is 9.76. The Morgan fingerprint density at radius 2 is 1.68 bits per heavy atom. The first kappa shape index (κ1) is 23.6. The van der Waals surface area contributed by atoms with Crippen LogP contribution in [0.25, 0.3) is 0 Å². The van der Waals surface area contributed by atoms with Crippen LogP contribution in [-0.2, 0) is 19.1 Å². The maximum Gasteiger partial charge on any atom is 0.408 e. The molecule has 0 radical (unpaired) electrons. The second kappa shape index (κ2) is 11.2. The first-order valence-electron chi connectivity index (χ1n) is 8.36. The highest BCUT2D eigenvalue weighted by molar-refractivity contribution is 7.98. The van der Waals surface area contributed by atoms with E-state index in [0.717, 1.165) is 0 Å². The predicted molar refractivity (Wildman–Crippen MR) is 99.6 cm³/mol. The smallest absolute Gasteiger partial charge is 0.408 e. The van der Waals surface area contributed by atoms with Crippen LogP contribution < -0.4 is 10.6 Å². The number of thioether (sulfide) groups is 1. The van der Waals surface area contributed by atoms with Gasteiger partial charge in [-0.15, -0.1) is 0 Å². The van der Waals surface area contributed by atoms with E-state index in [1.165, 1.54) is 7.11 Å². The second-order valence-electron chi connectivity index (χ2n) is 7.19. The van der Waals surface area contributed by atoms with Gasteiger partial charge in [-0.25, -0.2) is 9.59 Å². The average Bonchev–Trinajstić information content (AvgIpc) is 2.47. The van der Waals surface area contributed by atoms with E-state index >= 15 is 0 Å². The van der Waals surface area contributed by atoms with Gasteiger partial charge >= 0.3 is 12.1 Å². The van der Waals surface area contributed by atoms with Crippen molar-refractivity contribution >= 4 is 29.7 Å². The van der Waals surface area contributed by atoms with E-state index in [-0.39, 0.29) is 5.92 Å². The van der Waals surface area contributed by atoms with Gasteiger partial charge in [0, 0.05) is 0 Å². The molecule has 25 heavy (non-hydrogen) atoms. The molecule has 0 aromatic rings. The molecule has 2 atom stereocenters. The Labute approximate surface area is 155 Å². The normalized spacial score (nSPS) is 13.8. The minimum Gasteiger partial charge on any atom is -0.467 e. The lowest BCUT2D eigenvalue weighted by Gasteiger charge is -2.25. The van der Waals surface area contributed by atoms with E-state index in [9.17, 15) is 14.4 Å². The van der Waals surface area contributed by atoms with Gasteiger partial charge in [0.05, 0.1) is 7.11 Å². The summed E-state index contributed by atoms with van der Waals surface area (Å²) in [6.07, 6.45) is 2.15. The largest absolute Gasteiger partial charge is 0.467 e. The van der Waals surface area contributed by atoms with Gasteiger partial charge in [0.2, 0.25) is 5.91 Å². The minimum absolute atomic E-state index is 0.202. The van der Waals surface area contributed by atoms with Crippen molar-refractivity contribution in [2.24, 2.45) is 5.92 Å². The number of hydrogen-bond donors (Lipinski definition) is 2. The molecule has 0 spiro atoms. The zero-order valence-electron chi connectivity index (χ0n) is 16.3. The van der Waals surface area contributed by atoms with E-state index in [2.05, 4.69) is 10.6 Å². The summed E-state index contributed by atoms with van der Waals surface area (Å²) in [5.74, 6) is -0.0345. The molecular formula is C17H32N2O5S. The van der Waals surface area contributed by atoms with Gasteiger partial charge in [-0.3, -0.25) is 4.79 Å². The number of methoxy groups -OCH3 is 1. The summed E-state index contributed by atoms with van der Waals surface area (Å²) in [6.45, 7) is 9.15. The lowest BCUT2D eigenvalue weighted by Crippen LogP contribution is -2.53. The van der Waals surface area contributed by atoms with Crippen LogP contribution in [0.4, 0.5) is 4.79 Å². The van der Waals surface area contributed by atoms with Crippen molar-refractivity contribution in [2.75, 3.05) is 19.1 Å². The van der Waals surface area contributed by atoms with Crippen molar-refractivity contribution in [1.29, 1.82) is 0 Å². The summed E-state index contributed by atoms with van der Waals surface area (Å²) in [7, 11) is 1.28. The number of carbonyl (C=O) groups is 3. The lowest BCUT2D eigenvalue weighted by atomic mass is 10.0. The third kappa shape index (κ3) is 10.9. The quantitative estimate of drug-likeness (QED) is 0.600. The van der Waals surface area contributed by atoms with Crippen LogP contribution in [0.15, 0.2) is 0 Å². The molecule has 7 nitrogen and oxygen atoms in total. The Morgan fingerprint density at radius 3 is 2.12 bits per heavy atom. The topological polar surface area (TPSA) is 93.7 Å². The van der Waals surface area contributed by atoms with E-state index < -0.39 is 35.7 Å². The number of carbonyl (C=O) groups excluding carboxylic acids is 3. The molecular weight excluding hydrogens is 344 g/mol. The second-order valence-corrected chi connectivity index (χ2v) is 8.18. The molecule has 0 bridgehead atoms. The summed E-state index contributed by atoms with van der Waals surface area (Å²) in [5.41, 5.74) is -0.656. The highest BCUT2D eigenvalue weighted by Crippen LogP contribution is 2.10. The molecule has 146 valence electrons. The molecule has 0 saturated heterocycles. The van der Waals surface area contributed by atoms with E-state index in [4.69, 9.17) is 9.47 Å². The molecule has 0 aliphatic carbocycles. The number of amides is 2. The monoisotopic (exact) mass is 376 g/mol. The number of esters is 1. The van der Waals surface area contributed by atoms with Crippen LogP contribution in [-0.4, -0.2) is 54.8 Å². The molecule has 0 saturated carbocycles. The average molecular weight is 377 g/mol. The Morgan fingerprint density at radius 1 is 1.08 bits per heavy atom. The Kier molecular flexibility index (Phi) is 10.6. The molecule has 0 rings (SSSR count). The maximum absolute atomic E-state index is 12.6. The van der Waals surface area contributed by atoms with Gasteiger partial charge in [-0.1, -0.05) is 13.8 Å². The Hall–Kier alpha value is -1.44. The fourth-order valence-corrected chi connectivity index (χ4v) is 2.53. The fourth-order valence-electron chi connectivity index (χ4n) is 2.05. The molecule has 0 aromatic heterocycles. The molecule has 2 amide bonds. The van der Waals surface area contributed by atoms with E-state index in [1.807, 2.05) is 20.1 Å². The highest BCUT2D eigenvalue weighted by atomic mass is 32.2. The summed E-state index contributed by atoms with van der Waals surface area (Å²) < 4.78 is 9.96. The SMILES string of the molecule is COC(=O)[C@H](CC(C)C)NC(=O)[C@@H](CCSC)NC(=O)OC(C)(C)C. The lowest BCUT2D eigenvalue weighted by molar-refractivity contribution is -0.145. The number of hydrogen-bond acceptors (Lipinski definition) is 6. The molecule has 0 fully saturated rings. The van der Waals surface area contributed by atoms with Gasteiger partial charge in [-0.2, -0.15) is 11.8 Å². The molecule has 0 aliphatic heterocycles. The van der Waals surface area contributed by atoms with Crippen molar-refractivity contribution in [3.05, 3.63) is 0 Å². The molecule has 0 aliphatic rings. The highest BCUT2D eigenvalue weighted by Gasteiger charge is 2.28. The molecule has 2 N–H and O–H groups in total. The van der Waals surface area contributed by atoms with Gasteiger partial charge in [-0.05, 0) is 51.5 Å². The summed E-state index contributed by atoms with van der Waals surface area (Å²) in [4.78, 5) is 36.4.